The summed E-state index contributed by atoms with van der Waals surface area (Å²) >= 11 is 0. The number of nitrogens with one attached hydrogen (secondary N) is 2. The van der Waals surface area contributed by atoms with Gasteiger partial charge in [-0.25, -0.2) is 0 Å². The van der Waals surface area contributed by atoms with Crippen LogP contribution in [-0.4, -0.2) is 32.1 Å². The molecule has 126 valence electrons. The van der Waals surface area contributed by atoms with Crippen LogP contribution in [0.4, 0.5) is 0 Å². The molecule has 0 radical (unpaired) electrons. The van der Waals surface area contributed by atoms with Gasteiger partial charge in [0.25, 0.3) is 5.91 Å². The van der Waals surface area contributed by atoms with E-state index in [9.17, 15) is 4.79 Å². The molecule has 5 heteroatoms. The standard InChI is InChI=1S/C19H22N2O3/c1-14-2-4-17(5-3-14)24-18-8-6-16(7-9-18)23-13-19(22)21-12-15-10-20-11-15/h2-9,15,20H,10-13H2,1H3,(H,21,22). The van der Waals surface area contributed by atoms with Gasteiger partial charge in [0.2, 0.25) is 0 Å². The van der Waals surface area contributed by atoms with Crippen LogP contribution in [0.25, 0.3) is 0 Å². The number of rotatable bonds is 7. The molecule has 0 unspecified atom stereocenters. The number of hydrogen-bond acceptors (Lipinski definition) is 4. The molecule has 1 heterocycles. The minimum atomic E-state index is -0.0955. The minimum Gasteiger partial charge on any atom is -0.484 e. The summed E-state index contributed by atoms with van der Waals surface area (Å²) in [5, 5.41) is 6.05. The lowest BCUT2D eigenvalue weighted by Gasteiger charge is -2.27. The number of aryl methyl sites for hydroxylation is 1. The van der Waals surface area contributed by atoms with E-state index in [0.29, 0.717) is 18.2 Å². The van der Waals surface area contributed by atoms with Crippen molar-refractivity contribution in [3.8, 4) is 17.2 Å². The molecular formula is C19H22N2O3. The molecule has 1 aliphatic rings. The van der Waals surface area contributed by atoms with Crippen LogP contribution in [-0.2, 0) is 4.79 Å². The first-order valence-corrected chi connectivity index (χ1v) is 8.14. The van der Waals surface area contributed by atoms with Gasteiger partial charge in [0.15, 0.2) is 6.61 Å². The molecule has 3 rings (SSSR count). The van der Waals surface area contributed by atoms with Crippen LogP contribution in [0.3, 0.4) is 0 Å². The summed E-state index contributed by atoms with van der Waals surface area (Å²) in [6, 6.07) is 15.1. The summed E-state index contributed by atoms with van der Waals surface area (Å²) in [5.74, 6) is 2.62. The molecule has 2 aromatic rings. The lowest BCUT2D eigenvalue weighted by molar-refractivity contribution is -0.123. The van der Waals surface area contributed by atoms with Crippen LogP contribution in [0.15, 0.2) is 48.5 Å². The first-order valence-electron chi connectivity index (χ1n) is 8.14. The van der Waals surface area contributed by atoms with Crippen LogP contribution in [0.1, 0.15) is 5.56 Å². The van der Waals surface area contributed by atoms with Crippen LogP contribution in [0.2, 0.25) is 0 Å². The van der Waals surface area contributed by atoms with E-state index < -0.39 is 0 Å². The maximum absolute atomic E-state index is 11.7. The monoisotopic (exact) mass is 326 g/mol. The Balaban J connectivity index is 1.43. The van der Waals surface area contributed by atoms with Crippen molar-refractivity contribution in [3.63, 3.8) is 0 Å². The average Bonchev–Trinajstić information content (AvgIpc) is 2.55. The highest BCUT2D eigenvalue weighted by molar-refractivity contribution is 5.77. The Morgan fingerprint density at radius 1 is 1.04 bits per heavy atom. The summed E-state index contributed by atoms with van der Waals surface area (Å²) in [6.07, 6.45) is 0. The molecule has 0 bridgehead atoms. The van der Waals surface area contributed by atoms with E-state index >= 15 is 0 Å². The third-order valence-electron chi connectivity index (χ3n) is 3.90. The van der Waals surface area contributed by atoms with Crippen molar-refractivity contribution in [2.75, 3.05) is 26.2 Å². The quantitative estimate of drug-likeness (QED) is 0.821. The molecule has 0 atom stereocenters. The van der Waals surface area contributed by atoms with Crippen LogP contribution < -0.4 is 20.1 Å². The van der Waals surface area contributed by atoms with Gasteiger partial charge in [-0.1, -0.05) is 17.7 Å². The molecule has 1 saturated heterocycles. The van der Waals surface area contributed by atoms with Gasteiger partial charge >= 0.3 is 0 Å². The first kappa shape index (κ1) is 16.3. The van der Waals surface area contributed by atoms with Gasteiger partial charge in [-0.05, 0) is 43.3 Å². The van der Waals surface area contributed by atoms with Crippen molar-refractivity contribution in [2.24, 2.45) is 5.92 Å². The number of benzene rings is 2. The summed E-state index contributed by atoms with van der Waals surface area (Å²) in [5.41, 5.74) is 1.19. The van der Waals surface area contributed by atoms with Crippen molar-refractivity contribution in [3.05, 3.63) is 54.1 Å². The fourth-order valence-electron chi connectivity index (χ4n) is 2.30. The maximum Gasteiger partial charge on any atom is 0.257 e. The highest BCUT2D eigenvalue weighted by Crippen LogP contribution is 2.24. The third-order valence-corrected chi connectivity index (χ3v) is 3.90. The molecule has 1 fully saturated rings. The van der Waals surface area contributed by atoms with Gasteiger partial charge in [0, 0.05) is 25.6 Å². The van der Waals surface area contributed by atoms with Gasteiger partial charge in [-0.2, -0.15) is 0 Å². The summed E-state index contributed by atoms with van der Waals surface area (Å²) < 4.78 is 11.2. The second-order valence-electron chi connectivity index (χ2n) is 6.00. The molecule has 2 aromatic carbocycles. The van der Waals surface area contributed by atoms with Crippen LogP contribution in [0.5, 0.6) is 17.2 Å². The van der Waals surface area contributed by atoms with Gasteiger partial charge < -0.3 is 20.1 Å². The Kier molecular flexibility index (Phi) is 5.33. The number of hydrogen-bond donors (Lipinski definition) is 2. The molecular weight excluding hydrogens is 304 g/mol. The second-order valence-corrected chi connectivity index (χ2v) is 6.00. The smallest absolute Gasteiger partial charge is 0.257 e. The van der Waals surface area contributed by atoms with Crippen molar-refractivity contribution in [1.82, 2.24) is 10.6 Å². The predicted octanol–water partition coefficient (Wildman–Crippen LogP) is 2.50. The normalized spacial score (nSPS) is 13.9. The fraction of sp³-hybridized carbons (Fsp3) is 0.316. The van der Waals surface area contributed by atoms with E-state index in [1.54, 1.807) is 12.1 Å². The van der Waals surface area contributed by atoms with Crippen LogP contribution in [0, 0.1) is 12.8 Å². The minimum absolute atomic E-state index is 0.0261. The Morgan fingerprint density at radius 2 is 1.62 bits per heavy atom. The zero-order valence-electron chi connectivity index (χ0n) is 13.7. The summed E-state index contributed by atoms with van der Waals surface area (Å²) in [7, 11) is 0. The summed E-state index contributed by atoms with van der Waals surface area (Å²) in [6.45, 7) is 4.72. The predicted molar refractivity (Wildman–Crippen MR) is 92.6 cm³/mol. The van der Waals surface area contributed by atoms with Gasteiger partial charge in [-0.3, -0.25) is 4.79 Å². The fourth-order valence-corrected chi connectivity index (χ4v) is 2.30. The van der Waals surface area contributed by atoms with E-state index in [1.807, 2.05) is 43.3 Å². The van der Waals surface area contributed by atoms with Crippen molar-refractivity contribution >= 4 is 5.91 Å². The highest BCUT2D eigenvalue weighted by atomic mass is 16.5. The van der Waals surface area contributed by atoms with Crippen molar-refractivity contribution < 1.29 is 14.3 Å². The third kappa shape index (κ3) is 4.73. The van der Waals surface area contributed by atoms with Crippen molar-refractivity contribution in [2.45, 2.75) is 6.92 Å². The van der Waals surface area contributed by atoms with E-state index in [-0.39, 0.29) is 12.5 Å². The zero-order valence-corrected chi connectivity index (χ0v) is 13.7. The van der Waals surface area contributed by atoms with E-state index in [4.69, 9.17) is 9.47 Å². The molecule has 1 aliphatic heterocycles. The highest BCUT2D eigenvalue weighted by Gasteiger charge is 2.17. The Morgan fingerprint density at radius 3 is 2.21 bits per heavy atom. The second kappa shape index (κ2) is 7.84. The van der Waals surface area contributed by atoms with Crippen molar-refractivity contribution in [1.29, 1.82) is 0 Å². The number of carbonyl (C=O) groups excluding carboxylic acids is 1. The molecule has 2 N–H and O–H groups in total. The van der Waals surface area contributed by atoms with E-state index in [2.05, 4.69) is 10.6 Å². The molecule has 1 amide bonds. The molecule has 0 spiro atoms. The maximum atomic E-state index is 11.7. The number of ether oxygens (including phenoxy) is 2. The topological polar surface area (TPSA) is 59.6 Å². The molecule has 5 nitrogen and oxygen atoms in total. The van der Waals surface area contributed by atoms with E-state index in [0.717, 1.165) is 24.6 Å². The van der Waals surface area contributed by atoms with Gasteiger partial charge in [0.1, 0.15) is 17.2 Å². The Labute approximate surface area is 142 Å². The lowest BCUT2D eigenvalue weighted by Crippen LogP contribution is -2.48. The number of amides is 1. The van der Waals surface area contributed by atoms with E-state index in [1.165, 1.54) is 5.56 Å². The largest absolute Gasteiger partial charge is 0.484 e. The van der Waals surface area contributed by atoms with Gasteiger partial charge in [-0.15, -0.1) is 0 Å². The Bertz CT molecular complexity index is 664. The van der Waals surface area contributed by atoms with Gasteiger partial charge in [0.05, 0.1) is 0 Å². The lowest BCUT2D eigenvalue weighted by atomic mass is 10.0. The molecule has 0 aliphatic carbocycles. The Hall–Kier alpha value is -2.53. The average molecular weight is 326 g/mol. The van der Waals surface area contributed by atoms with Crippen LogP contribution >= 0.6 is 0 Å². The zero-order chi connectivity index (χ0) is 16.8. The SMILES string of the molecule is Cc1ccc(Oc2ccc(OCC(=O)NCC3CNC3)cc2)cc1. The summed E-state index contributed by atoms with van der Waals surface area (Å²) in [4.78, 5) is 11.7. The molecule has 0 saturated carbocycles. The first-order chi connectivity index (χ1) is 11.7. The molecule has 24 heavy (non-hydrogen) atoms. The number of carbonyl (C=O) groups is 1. The molecule has 0 aromatic heterocycles.